The summed E-state index contributed by atoms with van der Waals surface area (Å²) in [4.78, 5) is 36.6. The van der Waals surface area contributed by atoms with Gasteiger partial charge >= 0.3 is 5.97 Å². The van der Waals surface area contributed by atoms with Crippen LogP contribution < -0.4 is 10.6 Å². The van der Waals surface area contributed by atoms with E-state index in [1.807, 2.05) is 13.0 Å². The van der Waals surface area contributed by atoms with Crippen molar-refractivity contribution >= 4 is 41.0 Å². The van der Waals surface area contributed by atoms with E-state index in [0.717, 1.165) is 5.56 Å². The first kappa shape index (κ1) is 22.7. The summed E-state index contributed by atoms with van der Waals surface area (Å²) < 4.78 is 4.98. The number of nitrogens with one attached hydrogen (secondary N) is 2. The minimum atomic E-state index is -0.700. The molecule has 0 aromatic heterocycles. The lowest BCUT2D eigenvalue weighted by atomic mass is 10.0. The summed E-state index contributed by atoms with van der Waals surface area (Å²) in [6, 6.07) is 11.1. The van der Waals surface area contributed by atoms with Crippen LogP contribution in [0.5, 0.6) is 0 Å². The van der Waals surface area contributed by atoms with Crippen molar-refractivity contribution in [3.05, 3.63) is 69.2 Å². The van der Waals surface area contributed by atoms with E-state index in [4.69, 9.17) is 27.9 Å². The molecule has 2 amide bonds. The molecule has 0 saturated carbocycles. The van der Waals surface area contributed by atoms with Crippen molar-refractivity contribution in [2.45, 2.75) is 26.3 Å². The fourth-order valence-electron chi connectivity index (χ4n) is 2.71. The van der Waals surface area contributed by atoms with E-state index < -0.39 is 17.9 Å². The summed E-state index contributed by atoms with van der Waals surface area (Å²) in [5.41, 5.74) is 1.96. The normalized spacial score (nSPS) is 11.4. The second kappa shape index (κ2) is 10.8. The number of esters is 1. The number of ether oxygens (including phenoxy) is 1. The number of hydrogen-bond acceptors (Lipinski definition) is 4. The number of aryl methyl sites for hydroxylation is 1. The van der Waals surface area contributed by atoms with Crippen LogP contribution in [-0.4, -0.2) is 30.9 Å². The molecule has 2 rings (SSSR count). The Morgan fingerprint density at radius 3 is 2.38 bits per heavy atom. The topological polar surface area (TPSA) is 84.5 Å². The largest absolute Gasteiger partial charge is 0.466 e. The lowest BCUT2D eigenvalue weighted by molar-refractivity contribution is -0.143. The van der Waals surface area contributed by atoms with Gasteiger partial charge in [0.15, 0.2) is 0 Å². The van der Waals surface area contributed by atoms with Crippen LogP contribution in [0.4, 0.5) is 0 Å². The third kappa shape index (κ3) is 7.40. The quantitative estimate of drug-likeness (QED) is 0.615. The molecule has 0 radical (unpaired) electrons. The van der Waals surface area contributed by atoms with Crippen LogP contribution >= 0.6 is 23.2 Å². The number of halogens is 2. The predicted molar refractivity (Wildman–Crippen MR) is 112 cm³/mol. The van der Waals surface area contributed by atoms with Gasteiger partial charge in [0.05, 0.1) is 25.6 Å². The highest BCUT2D eigenvalue weighted by atomic mass is 35.5. The number of rotatable bonds is 8. The van der Waals surface area contributed by atoms with Crippen molar-refractivity contribution < 1.29 is 19.1 Å². The van der Waals surface area contributed by atoms with Crippen LogP contribution in [0.2, 0.25) is 10.0 Å². The van der Waals surface area contributed by atoms with Crippen molar-refractivity contribution in [3.63, 3.8) is 0 Å². The predicted octanol–water partition coefficient (Wildman–Crippen LogP) is 3.84. The van der Waals surface area contributed by atoms with Crippen LogP contribution in [0.3, 0.4) is 0 Å². The smallest absolute Gasteiger partial charge is 0.308 e. The van der Waals surface area contributed by atoms with E-state index in [-0.39, 0.29) is 25.5 Å². The number of benzene rings is 2. The van der Waals surface area contributed by atoms with Gasteiger partial charge < -0.3 is 15.4 Å². The molecule has 0 saturated heterocycles. The van der Waals surface area contributed by atoms with Crippen LogP contribution in [0, 0.1) is 6.92 Å². The van der Waals surface area contributed by atoms with Gasteiger partial charge in [-0.3, -0.25) is 14.4 Å². The molecular formula is C21H22Cl2N2O4. The summed E-state index contributed by atoms with van der Waals surface area (Å²) in [5, 5.41) is 6.04. The fourth-order valence-corrected chi connectivity index (χ4v) is 3.25. The van der Waals surface area contributed by atoms with Crippen molar-refractivity contribution in [2.24, 2.45) is 0 Å². The maximum atomic E-state index is 12.4. The van der Waals surface area contributed by atoms with Gasteiger partial charge in [-0.05, 0) is 49.7 Å². The van der Waals surface area contributed by atoms with E-state index in [1.54, 1.807) is 43.3 Å². The summed E-state index contributed by atoms with van der Waals surface area (Å²) in [6.07, 6.45) is -0.0952. The first-order chi connectivity index (χ1) is 13.8. The zero-order valence-corrected chi connectivity index (χ0v) is 17.6. The summed E-state index contributed by atoms with van der Waals surface area (Å²) in [5.74, 6) is -1.30. The fraction of sp³-hybridized carbons (Fsp3) is 0.286. The first-order valence-corrected chi connectivity index (χ1v) is 9.80. The Hall–Kier alpha value is -2.57. The Morgan fingerprint density at radius 2 is 1.76 bits per heavy atom. The van der Waals surface area contributed by atoms with Crippen LogP contribution in [0.15, 0.2) is 42.5 Å². The molecule has 2 N–H and O–H groups in total. The van der Waals surface area contributed by atoms with Gasteiger partial charge in [-0.15, -0.1) is 0 Å². The van der Waals surface area contributed by atoms with Gasteiger partial charge in [0.25, 0.3) is 5.91 Å². The van der Waals surface area contributed by atoms with Crippen molar-refractivity contribution in [1.82, 2.24) is 10.6 Å². The minimum absolute atomic E-state index is 0.0952. The standard InChI is InChI=1S/C21H22Cl2N2O4/c1-3-29-20(27)11-18(15-8-16(22)10-17(23)9-15)25-19(26)12-24-21(28)14-6-4-5-13(2)7-14/h4-10,18H,3,11-12H2,1-2H3,(H,24,28)(H,25,26). The average molecular weight is 437 g/mol. The Morgan fingerprint density at radius 1 is 1.07 bits per heavy atom. The van der Waals surface area contributed by atoms with Crippen molar-refractivity contribution in [2.75, 3.05) is 13.2 Å². The molecule has 2 aromatic carbocycles. The second-order valence-electron chi connectivity index (χ2n) is 6.38. The molecule has 2 aromatic rings. The van der Waals surface area contributed by atoms with E-state index in [0.29, 0.717) is 21.2 Å². The van der Waals surface area contributed by atoms with Gasteiger partial charge in [0, 0.05) is 15.6 Å². The number of hydrogen-bond donors (Lipinski definition) is 2. The lowest BCUT2D eigenvalue weighted by Gasteiger charge is -2.19. The van der Waals surface area contributed by atoms with Gasteiger partial charge in [-0.25, -0.2) is 0 Å². The van der Waals surface area contributed by atoms with Crippen LogP contribution in [-0.2, 0) is 14.3 Å². The van der Waals surface area contributed by atoms with Gasteiger partial charge in [0.1, 0.15) is 0 Å². The SMILES string of the molecule is CCOC(=O)CC(NC(=O)CNC(=O)c1cccc(C)c1)c1cc(Cl)cc(Cl)c1. The van der Waals surface area contributed by atoms with Gasteiger partial charge in [-0.2, -0.15) is 0 Å². The zero-order valence-electron chi connectivity index (χ0n) is 16.1. The van der Waals surface area contributed by atoms with Gasteiger partial charge in [-0.1, -0.05) is 40.9 Å². The van der Waals surface area contributed by atoms with E-state index >= 15 is 0 Å². The zero-order chi connectivity index (χ0) is 21.4. The molecule has 0 spiro atoms. The molecule has 8 heteroatoms. The molecule has 29 heavy (non-hydrogen) atoms. The summed E-state index contributed by atoms with van der Waals surface area (Å²) in [6.45, 7) is 3.55. The molecule has 0 aliphatic rings. The molecule has 0 aliphatic carbocycles. The molecule has 0 aliphatic heterocycles. The molecule has 0 fully saturated rings. The van der Waals surface area contributed by atoms with Crippen molar-refractivity contribution in [3.8, 4) is 0 Å². The van der Waals surface area contributed by atoms with Gasteiger partial charge in [0.2, 0.25) is 5.91 Å². The van der Waals surface area contributed by atoms with E-state index in [2.05, 4.69) is 10.6 Å². The van der Waals surface area contributed by atoms with E-state index in [1.165, 1.54) is 0 Å². The summed E-state index contributed by atoms with van der Waals surface area (Å²) in [7, 11) is 0. The number of carbonyl (C=O) groups is 3. The molecular weight excluding hydrogens is 415 g/mol. The number of carbonyl (C=O) groups excluding carboxylic acids is 3. The highest BCUT2D eigenvalue weighted by Gasteiger charge is 2.20. The molecule has 6 nitrogen and oxygen atoms in total. The monoisotopic (exact) mass is 436 g/mol. The minimum Gasteiger partial charge on any atom is -0.466 e. The highest BCUT2D eigenvalue weighted by Crippen LogP contribution is 2.25. The molecule has 154 valence electrons. The van der Waals surface area contributed by atoms with Crippen molar-refractivity contribution in [1.29, 1.82) is 0 Å². The van der Waals surface area contributed by atoms with E-state index in [9.17, 15) is 14.4 Å². The molecule has 0 bridgehead atoms. The highest BCUT2D eigenvalue weighted by molar-refractivity contribution is 6.34. The Bertz CT molecular complexity index is 882. The molecule has 1 unspecified atom stereocenters. The Balaban J connectivity index is 2.05. The molecule has 1 atom stereocenters. The molecule has 0 heterocycles. The van der Waals surface area contributed by atoms with Crippen LogP contribution in [0.25, 0.3) is 0 Å². The Labute approximate surface area is 179 Å². The van der Waals surface area contributed by atoms with Crippen LogP contribution in [0.1, 0.15) is 40.9 Å². The maximum absolute atomic E-state index is 12.4. The Kier molecular flexibility index (Phi) is 8.49. The third-order valence-corrected chi connectivity index (χ3v) is 4.42. The first-order valence-electron chi connectivity index (χ1n) is 9.04. The second-order valence-corrected chi connectivity index (χ2v) is 7.26. The third-order valence-electron chi connectivity index (χ3n) is 3.99. The summed E-state index contributed by atoms with van der Waals surface area (Å²) >= 11 is 12.1. The number of amides is 2. The lowest BCUT2D eigenvalue weighted by Crippen LogP contribution is -2.39. The average Bonchev–Trinajstić information content (AvgIpc) is 2.65. The maximum Gasteiger partial charge on any atom is 0.308 e.